The molecule has 0 radical (unpaired) electrons. The van der Waals surface area contributed by atoms with Crippen molar-refractivity contribution in [2.75, 3.05) is 18.0 Å². The molecule has 1 saturated heterocycles. The van der Waals surface area contributed by atoms with Crippen molar-refractivity contribution in [2.45, 2.75) is 52.0 Å². The highest BCUT2D eigenvalue weighted by atomic mass is 16.1. The molecule has 1 aliphatic rings. The molecule has 0 aliphatic carbocycles. The van der Waals surface area contributed by atoms with Gasteiger partial charge in [0.2, 0.25) is 0 Å². The van der Waals surface area contributed by atoms with Gasteiger partial charge in [-0.15, -0.1) is 15.3 Å². The van der Waals surface area contributed by atoms with Gasteiger partial charge in [-0.25, -0.2) is 0 Å². The smallest absolute Gasteiger partial charge is 0.252 e. The first-order valence-corrected chi connectivity index (χ1v) is 10.3. The van der Waals surface area contributed by atoms with Crippen LogP contribution in [0.15, 0.2) is 30.5 Å². The molecule has 1 unspecified atom stereocenters. The Morgan fingerprint density at radius 2 is 1.97 bits per heavy atom. The zero-order valence-corrected chi connectivity index (χ0v) is 17.2. The second-order valence-corrected chi connectivity index (χ2v) is 7.66. The van der Waals surface area contributed by atoms with E-state index in [1.807, 2.05) is 41.8 Å². The van der Waals surface area contributed by atoms with Crippen LogP contribution in [0.4, 0.5) is 5.82 Å². The SMILES string of the molecule is CCC(CC)NC(=O)c1ccc2nnc(C3CCN(c4ccc(C)nn4)C3)n2c1. The maximum Gasteiger partial charge on any atom is 0.252 e. The quantitative estimate of drug-likeness (QED) is 0.693. The van der Waals surface area contributed by atoms with Gasteiger partial charge in [-0.05, 0) is 50.5 Å². The Bertz CT molecular complexity index is 994. The second kappa shape index (κ2) is 8.14. The summed E-state index contributed by atoms with van der Waals surface area (Å²) >= 11 is 0. The van der Waals surface area contributed by atoms with Gasteiger partial charge in [0.1, 0.15) is 5.82 Å². The summed E-state index contributed by atoms with van der Waals surface area (Å²) in [4.78, 5) is 14.9. The Morgan fingerprint density at radius 3 is 2.69 bits per heavy atom. The van der Waals surface area contributed by atoms with Crippen LogP contribution in [0.2, 0.25) is 0 Å². The molecule has 8 heteroatoms. The molecule has 1 fully saturated rings. The van der Waals surface area contributed by atoms with Crippen LogP contribution in [-0.2, 0) is 0 Å². The number of rotatable bonds is 6. The number of aromatic nitrogens is 5. The van der Waals surface area contributed by atoms with Crippen LogP contribution in [0, 0.1) is 6.92 Å². The van der Waals surface area contributed by atoms with Gasteiger partial charge in [0.05, 0.1) is 11.3 Å². The third kappa shape index (κ3) is 3.92. The van der Waals surface area contributed by atoms with Crippen LogP contribution in [0.25, 0.3) is 5.65 Å². The second-order valence-electron chi connectivity index (χ2n) is 7.66. The van der Waals surface area contributed by atoms with Gasteiger partial charge >= 0.3 is 0 Å². The van der Waals surface area contributed by atoms with E-state index in [9.17, 15) is 4.79 Å². The average Bonchev–Trinajstić information content (AvgIpc) is 3.38. The lowest BCUT2D eigenvalue weighted by Crippen LogP contribution is -2.33. The number of carbonyl (C=O) groups excluding carboxylic acids is 1. The first kappa shape index (κ1) is 19.3. The number of fused-ring (bicyclic) bond motifs is 1. The van der Waals surface area contributed by atoms with Gasteiger partial charge in [0.25, 0.3) is 5.91 Å². The van der Waals surface area contributed by atoms with E-state index >= 15 is 0 Å². The van der Waals surface area contributed by atoms with E-state index in [1.165, 1.54) is 0 Å². The predicted octanol–water partition coefficient (Wildman–Crippen LogP) is 2.74. The molecule has 0 saturated carbocycles. The van der Waals surface area contributed by atoms with E-state index in [4.69, 9.17) is 0 Å². The zero-order valence-electron chi connectivity index (χ0n) is 17.2. The summed E-state index contributed by atoms with van der Waals surface area (Å²) in [6.45, 7) is 7.80. The highest BCUT2D eigenvalue weighted by Gasteiger charge is 2.29. The van der Waals surface area contributed by atoms with Crippen molar-refractivity contribution in [3.63, 3.8) is 0 Å². The lowest BCUT2D eigenvalue weighted by Gasteiger charge is -2.16. The molecule has 0 bridgehead atoms. The minimum Gasteiger partial charge on any atom is -0.354 e. The molecule has 152 valence electrons. The molecule has 0 spiro atoms. The van der Waals surface area contributed by atoms with Gasteiger partial charge < -0.3 is 10.2 Å². The minimum absolute atomic E-state index is 0.0526. The molecular weight excluding hydrogens is 366 g/mol. The van der Waals surface area contributed by atoms with Gasteiger partial charge in [-0.3, -0.25) is 9.20 Å². The van der Waals surface area contributed by atoms with Crippen molar-refractivity contribution < 1.29 is 4.79 Å². The fraction of sp³-hybridized carbons (Fsp3) is 0.476. The number of amides is 1. The van der Waals surface area contributed by atoms with Crippen LogP contribution < -0.4 is 10.2 Å². The molecule has 1 amide bonds. The number of hydrogen-bond acceptors (Lipinski definition) is 6. The van der Waals surface area contributed by atoms with E-state index in [0.29, 0.717) is 5.56 Å². The molecule has 4 heterocycles. The Balaban J connectivity index is 1.55. The Labute approximate surface area is 170 Å². The Morgan fingerprint density at radius 1 is 1.14 bits per heavy atom. The topological polar surface area (TPSA) is 88.3 Å². The highest BCUT2D eigenvalue weighted by molar-refractivity contribution is 5.94. The van der Waals surface area contributed by atoms with E-state index in [0.717, 1.165) is 55.3 Å². The molecule has 29 heavy (non-hydrogen) atoms. The summed E-state index contributed by atoms with van der Waals surface area (Å²) < 4.78 is 1.96. The first-order valence-electron chi connectivity index (χ1n) is 10.3. The van der Waals surface area contributed by atoms with Crippen LogP contribution in [-0.4, -0.2) is 49.8 Å². The highest BCUT2D eigenvalue weighted by Crippen LogP contribution is 2.29. The molecular formula is C21H27N7O. The molecule has 1 N–H and O–H groups in total. The minimum atomic E-state index is -0.0526. The van der Waals surface area contributed by atoms with Crippen LogP contribution in [0.3, 0.4) is 0 Å². The van der Waals surface area contributed by atoms with Crippen molar-refractivity contribution in [1.82, 2.24) is 30.1 Å². The first-order chi connectivity index (χ1) is 14.1. The van der Waals surface area contributed by atoms with E-state index in [-0.39, 0.29) is 17.9 Å². The van der Waals surface area contributed by atoms with Crippen LogP contribution in [0.5, 0.6) is 0 Å². The summed E-state index contributed by atoms with van der Waals surface area (Å²) in [6.07, 6.45) is 4.65. The van der Waals surface area contributed by atoms with Crippen molar-refractivity contribution >= 4 is 17.4 Å². The number of anilines is 1. The Kier molecular flexibility index (Phi) is 5.42. The van der Waals surface area contributed by atoms with Crippen molar-refractivity contribution in [2.24, 2.45) is 0 Å². The summed E-state index contributed by atoms with van der Waals surface area (Å²) in [5, 5.41) is 20.3. The monoisotopic (exact) mass is 393 g/mol. The Hall–Kier alpha value is -3.03. The summed E-state index contributed by atoms with van der Waals surface area (Å²) in [6, 6.07) is 7.85. The molecule has 1 aliphatic heterocycles. The lowest BCUT2D eigenvalue weighted by atomic mass is 10.1. The van der Waals surface area contributed by atoms with Crippen molar-refractivity contribution in [1.29, 1.82) is 0 Å². The van der Waals surface area contributed by atoms with Gasteiger partial charge in [0.15, 0.2) is 11.5 Å². The third-order valence-electron chi connectivity index (χ3n) is 5.67. The maximum atomic E-state index is 12.6. The third-order valence-corrected chi connectivity index (χ3v) is 5.67. The van der Waals surface area contributed by atoms with Gasteiger partial charge in [-0.2, -0.15) is 5.10 Å². The number of hydrogen-bond donors (Lipinski definition) is 1. The summed E-state index contributed by atoms with van der Waals surface area (Å²) in [7, 11) is 0. The van der Waals surface area contributed by atoms with Gasteiger partial charge in [-0.1, -0.05) is 13.8 Å². The normalized spacial score (nSPS) is 16.7. The fourth-order valence-corrected chi connectivity index (χ4v) is 3.82. The zero-order chi connectivity index (χ0) is 20.4. The van der Waals surface area contributed by atoms with Crippen LogP contribution >= 0.6 is 0 Å². The molecule has 8 nitrogen and oxygen atoms in total. The largest absolute Gasteiger partial charge is 0.354 e. The standard InChI is InChI=1S/C21H27N7O/c1-4-17(5-2)22-21(29)16-7-9-19-25-26-20(28(19)13-16)15-10-11-27(12-15)18-8-6-14(3)23-24-18/h6-9,13,15,17H,4-5,10-12H2,1-3H3,(H,22,29). The van der Waals surface area contributed by atoms with Gasteiger partial charge in [0, 0.05) is 31.2 Å². The predicted molar refractivity (Wildman–Crippen MR) is 111 cm³/mol. The molecule has 1 atom stereocenters. The molecule has 3 aromatic heterocycles. The maximum absolute atomic E-state index is 12.6. The van der Waals surface area contributed by atoms with Crippen molar-refractivity contribution in [3.8, 4) is 0 Å². The fourth-order valence-electron chi connectivity index (χ4n) is 3.82. The van der Waals surface area contributed by atoms with Crippen molar-refractivity contribution in [3.05, 3.63) is 47.5 Å². The van der Waals surface area contributed by atoms with Crippen LogP contribution in [0.1, 0.15) is 60.9 Å². The number of nitrogens with zero attached hydrogens (tertiary/aromatic N) is 6. The lowest BCUT2D eigenvalue weighted by molar-refractivity contribution is 0.0934. The number of carbonyl (C=O) groups is 1. The van der Waals surface area contributed by atoms with E-state index in [2.05, 4.69) is 44.5 Å². The average molecular weight is 393 g/mol. The number of aryl methyl sites for hydroxylation is 1. The molecule has 0 aromatic carbocycles. The summed E-state index contributed by atoms with van der Waals surface area (Å²) in [5.74, 6) is 1.95. The number of pyridine rings is 1. The van der Waals surface area contributed by atoms with E-state index < -0.39 is 0 Å². The molecule has 4 rings (SSSR count). The summed E-state index contributed by atoms with van der Waals surface area (Å²) in [5.41, 5.74) is 2.30. The van der Waals surface area contributed by atoms with E-state index in [1.54, 1.807) is 0 Å². The number of nitrogens with one attached hydrogen (secondary N) is 1. The molecule has 3 aromatic rings.